The molecule has 0 radical (unpaired) electrons. The average molecular weight is 316 g/mol. The van der Waals surface area contributed by atoms with E-state index in [0.29, 0.717) is 25.7 Å². The van der Waals surface area contributed by atoms with Crippen LogP contribution in [0.3, 0.4) is 0 Å². The Morgan fingerprint density at radius 2 is 1.36 bits per heavy atom. The monoisotopic (exact) mass is 316 g/mol. The van der Waals surface area contributed by atoms with Crippen molar-refractivity contribution < 1.29 is 20.4 Å². The molecule has 0 aliphatic carbocycles. The van der Waals surface area contributed by atoms with Crippen molar-refractivity contribution in [3.05, 3.63) is 23.3 Å². The molecule has 4 nitrogen and oxygen atoms in total. The summed E-state index contributed by atoms with van der Waals surface area (Å²) in [6.45, 7) is 8.36. The zero-order valence-electron chi connectivity index (χ0n) is 14.8. The molecule has 0 amide bonds. The molecular weight excluding hydrogens is 280 g/mol. The van der Waals surface area contributed by atoms with E-state index >= 15 is 0 Å². The van der Waals surface area contributed by atoms with E-state index in [-0.39, 0.29) is 25.4 Å². The van der Waals surface area contributed by atoms with Gasteiger partial charge in [-0.1, -0.05) is 23.3 Å². The SMILES string of the molecule is CC(C)=CCC(O)CCCO.CC(C)=CCCC(O)CCO. The number of hydrogen-bond donors (Lipinski definition) is 4. The minimum atomic E-state index is -0.337. The van der Waals surface area contributed by atoms with Gasteiger partial charge in [0.2, 0.25) is 0 Å². The van der Waals surface area contributed by atoms with Crippen molar-refractivity contribution in [2.75, 3.05) is 13.2 Å². The Hall–Kier alpha value is -0.680. The van der Waals surface area contributed by atoms with Gasteiger partial charge in [0.25, 0.3) is 0 Å². The van der Waals surface area contributed by atoms with Crippen LogP contribution in [0.2, 0.25) is 0 Å². The van der Waals surface area contributed by atoms with Crippen LogP contribution < -0.4 is 0 Å². The highest BCUT2D eigenvalue weighted by Crippen LogP contribution is 2.04. The summed E-state index contributed by atoms with van der Waals surface area (Å²) in [7, 11) is 0. The largest absolute Gasteiger partial charge is 0.396 e. The van der Waals surface area contributed by atoms with E-state index in [1.54, 1.807) is 0 Å². The maximum Gasteiger partial charge on any atom is 0.0575 e. The predicted octanol–water partition coefficient (Wildman–Crippen LogP) is 2.95. The second kappa shape index (κ2) is 16.7. The van der Waals surface area contributed by atoms with Crippen LogP contribution in [0.4, 0.5) is 0 Å². The fourth-order valence-electron chi connectivity index (χ4n) is 1.67. The smallest absolute Gasteiger partial charge is 0.0575 e. The van der Waals surface area contributed by atoms with Gasteiger partial charge in [0, 0.05) is 13.2 Å². The van der Waals surface area contributed by atoms with Crippen LogP contribution in [-0.4, -0.2) is 45.8 Å². The fraction of sp³-hybridized carbons (Fsp3) is 0.778. The van der Waals surface area contributed by atoms with Crippen molar-refractivity contribution >= 4 is 0 Å². The van der Waals surface area contributed by atoms with Crippen molar-refractivity contribution in [2.24, 2.45) is 0 Å². The van der Waals surface area contributed by atoms with Crippen LogP contribution in [0.25, 0.3) is 0 Å². The molecule has 0 aromatic heterocycles. The van der Waals surface area contributed by atoms with Gasteiger partial charge in [-0.05, 0) is 66.2 Å². The highest BCUT2D eigenvalue weighted by molar-refractivity contribution is 4.94. The van der Waals surface area contributed by atoms with Crippen molar-refractivity contribution in [1.82, 2.24) is 0 Å². The molecule has 0 rings (SSSR count). The van der Waals surface area contributed by atoms with Crippen molar-refractivity contribution in [1.29, 1.82) is 0 Å². The molecular formula is C18H36O4. The summed E-state index contributed by atoms with van der Waals surface area (Å²) >= 11 is 0. The molecule has 4 N–H and O–H groups in total. The Morgan fingerprint density at radius 3 is 1.82 bits per heavy atom. The van der Waals surface area contributed by atoms with E-state index in [2.05, 4.69) is 6.08 Å². The maximum atomic E-state index is 9.27. The lowest BCUT2D eigenvalue weighted by Crippen LogP contribution is -2.07. The molecule has 0 saturated carbocycles. The summed E-state index contributed by atoms with van der Waals surface area (Å²) in [4.78, 5) is 0. The molecule has 0 aliphatic rings. The fourth-order valence-corrected chi connectivity index (χ4v) is 1.67. The van der Waals surface area contributed by atoms with Gasteiger partial charge in [0.15, 0.2) is 0 Å². The van der Waals surface area contributed by atoms with Gasteiger partial charge in [-0.3, -0.25) is 0 Å². The number of allylic oxidation sites excluding steroid dienone is 3. The molecule has 132 valence electrons. The molecule has 2 atom stereocenters. The second-order valence-corrected chi connectivity index (χ2v) is 6.06. The number of rotatable bonds is 10. The van der Waals surface area contributed by atoms with Crippen LogP contribution in [-0.2, 0) is 0 Å². The molecule has 0 bridgehead atoms. The Kier molecular flexibility index (Phi) is 17.9. The predicted molar refractivity (Wildman–Crippen MR) is 92.7 cm³/mol. The first-order valence-electron chi connectivity index (χ1n) is 8.18. The molecule has 0 aromatic carbocycles. The Morgan fingerprint density at radius 1 is 0.773 bits per heavy atom. The van der Waals surface area contributed by atoms with Gasteiger partial charge in [0.1, 0.15) is 0 Å². The lowest BCUT2D eigenvalue weighted by atomic mass is 10.1. The minimum Gasteiger partial charge on any atom is -0.396 e. The topological polar surface area (TPSA) is 80.9 Å². The first kappa shape index (κ1) is 23.6. The first-order valence-corrected chi connectivity index (χ1v) is 8.18. The van der Waals surface area contributed by atoms with Crippen molar-refractivity contribution in [3.8, 4) is 0 Å². The van der Waals surface area contributed by atoms with E-state index in [0.717, 1.165) is 12.8 Å². The summed E-state index contributed by atoms with van der Waals surface area (Å²) in [5.41, 5.74) is 2.51. The molecule has 0 fully saturated rings. The van der Waals surface area contributed by atoms with Gasteiger partial charge in [-0.15, -0.1) is 0 Å². The molecule has 0 aliphatic heterocycles. The summed E-state index contributed by atoms with van der Waals surface area (Å²) in [6.07, 6.45) is 7.75. The second-order valence-electron chi connectivity index (χ2n) is 6.06. The maximum absolute atomic E-state index is 9.27. The summed E-state index contributed by atoms with van der Waals surface area (Å²) in [5, 5.41) is 35.4. The average Bonchev–Trinajstić information content (AvgIpc) is 2.43. The van der Waals surface area contributed by atoms with E-state index < -0.39 is 0 Å². The minimum absolute atomic E-state index is 0.0794. The highest BCUT2D eigenvalue weighted by Gasteiger charge is 2.00. The van der Waals surface area contributed by atoms with Crippen LogP contribution in [0.5, 0.6) is 0 Å². The third-order valence-electron chi connectivity index (χ3n) is 3.01. The lowest BCUT2D eigenvalue weighted by molar-refractivity contribution is 0.126. The normalized spacial score (nSPS) is 12.7. The van der Waals surface area contributed by atoms with Crippen LogP contribution >= 0.6 is 0 Å². The summed E-state index contributed by atoms with van der Waals surface area (Å²) in [5.74, 6) is 0. The molecule has 4 heteroatoms. The van der Waals surface area contributed by atoms with Gasteiger partial charge in [-0.25, -0.2) is 0 Å². The van der Waals surface area contributed by atoms with Gasteiger partial charge < -0.3 is 20.4 Å². The molecule has 2 unspecified atom stereocenters. The molecule has 0 aromatic rings. The third kappa shape index (κ3) is 21.6. The summed E-state index contributed by atoms with van der Waals surface area (Å²) < 4.78 is 0. The van der Waals surface area contributed by atoms with Crippen LogP contribution in [0.1, 0.15) is 66.2 Å². The van der Waals surface area contributed by atoms with Gasteiger partial charge in [0.05, 0.1) is 12.2 Å². The quantitative estimate of drug-likeness (QED) is 0.467. The standard InChI is InChI=1S/2C9H18O2/c1-8(2)5-6-9(11)4-3-7-10;1-8(2)4-3-5-9(11)6-7-10/h5,9-11H,3-4,6-7H2,1-2H3;4,9-11H,3,5-7H2,1-2H3. The molecule has 0 heterocycles. The van der Waals surface area contributed by atoms with Crippen LogP contribution in [0.15, 0.2) is 23.3 Å². The van der Waals surface area contributed by atoms with E-state index in [1.807, 2.05) is 33.8 Å². The van der Waals surface area contributed by atoms with E-state index in [9.17, 15) is 10.2 Å². The number of aliphatic hydroxyl groups is 4. The molecule has 0 spiro atoms. The van der Waals surface area contributed by atoms with Crippen LogP contribution in [0, 0.1) is 0 Å². The molecule has 22 heavy (non-hydrogen) atoms. The lowest BCUT2D eigenvalue weighted by Gasteiger charge is -2.05. The Bertz CT molecular complexity index is 289. The van der Waals surface area contributed by atoms with Crippen molar-refractivity contribution in [2.45, 2.75) is 78.4 Å². The third-order valence-corrected chi connectivity index (χ3v) is 3.01. The summed E-state index contributed by atoms with van der Waals surface area (Å²) in [6, 6.07) is 0. The van der Waals surface area contributed by atoms with E-state index in [1.165, 1.54) is 11.1 Å². The van der Waals surface area contributed by atoms with Gasteiger partial charge >= 0.3 is 0 Å². The van der Waals surface area contributed by atoms with E-state index in [4.69, 9.17) is 10.2 Å². The number of aliphatic hydroxyl groups excluding tert-OH is 4. The van der Waals surface area contributed by atoms with Crippen molar-refractivity contribution in [3.63, 3.8) is 0 Å². The molecule has 0 saturated heterocycles. The zero-order valence-corrected chi connectivity index (χ0v) is 14.8. The van der Waals surface area contributed by atoms with Gasteiger partial charge in [-0.2, -0.15) is 0 Å². The highest BCUT2D eigenvalue weighted by atomic mass is 16.3. The number of hydrogen-bond acceptors (Lipinski definition) is 4. The Labute approximate surface area is 136 Å². The Balaban J connectivity index is 0. The first-order chi connectivity index (χ1) is 10.3. The zero-order chi connectivity index (χ0) is 17.4.